The van der Waals surface area contributed by atoms with Crippen molar-refractivity contribution in [3.05, 3.63) is 35.4 Å². The van der Waals surface area contributed by atoms with E-state index in [-0.39, 0.29) is 0 Å². The molecule has 0 saturated carbocycles. The average molecular weight is 255 g/mol. The number of benzene rings is 1. The summed E-state index contributed by atoms with van der Waals surface area (Å²) in [5, 5.41) is 0.434. The van der Waals surface area contributed by atoms with Crippen LogP contribution >= 0.6 is 15.9 Å². The van der Waals surface area contributed by atoms with Gasteiger partial charge in [0.15, 0.2) is 0 Å². The third-order valence-electron chi connectivity index (χ3n) is 1.51. The van der Waals surface area contributed by atoms with E-state index in [1.54, 1.807) is 6.07 Å². The largest absolute Gasteiger partial charge is 0.413 e. The Morgan fingerprint density at radius 3 is 2.62 bits per heavy atom. The van der Waals surface area contributed by atoms with Crippen molar-refractivity contribution in [1.29, 1.82) is 0 Å². The summed E-state index contributed by atoms with van der Waals surface area (Å²) >= 11 is 3.10. The summed E-state index contributed by atoms with van der Waals surface area (Å²) in [6.07, 6.45) is -3.86. The molecular formula is C8H6BrF3O. The van der Waals surface area contributed by atoms with Gasteiger partial charge in [-0.1, -0.05) is 34.1 Å². The molecule has 0 bridgehead atoms. The van der Waals surface area contributed by atoms with E-state index in [0.29, 0.717) is 10.9 Å². The second-order valence-electron chi connectivity index (χ2n) is 2.43. The summed E-state index contributed by atoms with van der Waals surface area (Å²) in [5.74, 6) is 0. The lowest BCUT2D eigenvalue weighted by Crippen LogP contribution is -2.13. The average Bonchev–Trinajstić information content (AvgIpc) is 2.18. The highest BCUT2D eigenvalue weighted by atomic mass is 79.9. The highest BCUT2D eigenvalue weighted by Crippen LogP contribution is 2.30. The van der Waals surface area contributed by atoms with Crippen molar-refractivity contribution in [2.45, 2.75) is 11.4 Å². The van der Waals surface area contributed by atoms with Gasteiger partial charge in [-0.05, 0) is 16.2 Å². The van der Waals surface area contributed by atoms with Crippen LogP contribution in [-0.2, 0) is 16.4 Å². The van der Waals surface area contributed by atoms with E-state index >= 15 is 0 Å². The van der Waals surface area contributed by atoms with Crippen LogP contribution in [0.4, 0.5) is 13.3 Å². The van der Waals surface area contributed by atoms with E-state index < -0.39 is 11.7 Å². The highest BCUT2D eigenvalue weighted by molar-refractivity contribution is 9.08. The van der Waals surface area contributed by atoms with Crippen LogP contribution < -0.4 is 0 Å². The molecule has 0 unspecified atom stereocenters. The summed E-state index contributed by atoms with van der Waals surface area (Å²) in [6, 6.07) is 5.34. The van der Waals surface area contributed by atoms with E-state index in [0.717, 1.165) is 6.07 Å². The van der Waals surface area contributed by atoms with Crippen LogP contribution in [0.25, 0.3) is 0 Å². The van der Waals surface area contributed by atoms with Crippen LogP contribution in [0.3, 0.4) is 0 Å². The molecule has 1 aromatic carbocycles. The molecule has 0 saturated heterocycles. The van der Waals surface area contributed by atoms with Crippen LogP contribution in [0, 0.1) is 0 Å². The SMILES string of the molecule is FOC(F)(F)c1cccc(CBr)c1. The molecule has 5 heteroatoms. The minimum atomic E-state index is -3.86. The van der Waals surface area contributed by atoms with Gasteiger partial charge in [0.25, 0.3) is 0 Å². The Kier molecular flexibility index (Phi) is 3.33. The van der Waals surface area contributed by atoms with E-state index in [1.165, 1.54) is 12.1 Å². The Balaban J connectivity index is 3.01. The maximum absolute atomic E-state index is 12.6. The molecule has 0 fully saturated rings. The molecule has 0 aliphatic rings. The first-order valence-electron chi connectivity index (χ1n) is 3.43. The van der Waals surface area contributed by atoms with Gasteiger partial charge in [-0.3, -0.25) is 0 Å². The van der Waals surface area contributed by atoms with Crippen LogP contribution in [-0.4, -0.2) is 0 Å². The number of hydrogen-bond acceptors (Lipinski definition) is 1. The van der Waals surface area contributed by atoms with Crippen molar-refractivity contribution in [1.82, 2.24) is 0 Å². The maximum Gasteiger partial charge on any atom is 0.413 e. The van der Waals surface area contributed by atoms with Gasteiger partial charge in [0.05, 0.1) is 5.56 Å². The fraction of sp³-hybridized carbons (Fsp3) is 0.250. The van der Waals surface area contributed by atoms with Gasteiger partial charge in [-0.2, -0.15) is 8.78 Å². The molecule has 0 heterocycles. The second-order valence-corrected chi connectivity index (χ2v) is 2.99. The van der Waals surface area contributed by atoms with Crippen molar-refractivity contribution >= 4 is 15.9 Å². The summed E-state index contributed by atoms with van der Waals surface area (Å²) in [4.78, 5) is 2.57. The smallest absolute Gasteiger partial charge is 0.168 e. The second kappa shape index (κ2) is 4.11. The zero-order chi connectivity index (χ0) is 9.90. The van der Waals surface area contributed by atoms with E-state index in [4.69, 9.17) is 0 Å². The lowest BCUT2D eigenvalue weighted by Gasteiger charge is -2.10. The molecule has 0 amide bonds. The minimum Gasteiger partial charge on any atom is -0.168 e. The van der Waals surface area contributed by atoms with Gasteiger partial charge in [-0.25, -0.2) is 0 Å². The molecular weight excluding hydrogens is 249 g/mol. The third-order valence-corrected chi connectivity index (χ3v) is 2.16. The first-order valence-corrected chi connectivity index (χ1v) is 4.55. The van der Waals surface area contributed by atoms with Gasteiger partial charge in [0.1, 0.15) is 0 Å². The number of hydrogen-bond donors (Lipinski definition) is 0. The Labute approximate surface area is 81.5 Å². The predicted octanol–water partition coefficient (Wildman–Crippen LogP) is 3.53. The third kappa shape index (κ3) is 2.45. The molecule has 13 heavy (non-hydrogen) atoms. The van der Waals surface area contributed by atoms with Crippen molar-refractivity contribution in [2.24, 2.45) is 0 Å². The fourth-order valence-electron chi connectivity index (χ4n) is 0.880. The lowest BCUT2D eigenvalue weighted by atomic mass is 10.1. The fourth-order valence-corrected chi connectivity index (χ4v) is 1.23. The van der Waals surface area contributed by atoms with Gasteiger partial charge in [0, 0.05) is 5.33 Å². The topological polar surface area (TPSA) is 9.23 Å². The lowest BCUT2D eigenvalue weighted by molar-refractivity contribution is -0.364. The Morgan fingerprint density at radius 1 is 1.38 bits per heavy atom. The number of rotatable bonds is 3. The van der Waals surface area contributed by atoms with Crippen LogP contribution in [0.15, 0.2) is 24.3 Å². The van der Waals surface area contributed by atoms with Gasteiger partial charge in [-0.15, -0.1) is 4.94 Å². The molecule has 0 aliphatic carbocycles. The van der Waals surface area contributed by atoms with E-state index in [1.807, 2.05) is 0 Å². The molecule has 1 nitrogen and oxygen atoms in total. The van der Waals surface area contributed by atoms with Crippen molar-refractivity contribution < 1.29 is 18.2 Å². The van der Waals surface area contributed by atoms with Crippen molar-refractivity contribution in [3.8, 4) is 0 Å². The van der Waals surface area contributed by atoms with Gasteiger partial charge in [0.2, 0.25) is 0 Å². The van der Waals surface area contributed by atoms with Gasteiger partial charge >= 0.3 is 6.11 Å². The molecule has 1 rings (SSSR count). The predicted molar refractivity (Wildman–Crippen MR) is 45.2 cm³/mol. The number of alkyl halides is 3. The molecule has 0 spiro atoms. The Bertz CT molecular complexity index is 290. The first kappa shape index (κ1) is 10.5. The van der Waals surface area contributed by atoms with Crippen LogP contribution in [0.5, 0.6) is 0 Å². The zero-order valence-corrected chi connectivity index (χ0v) is 8.02. The molecule has 0 aromatic heterocycles. The Morgan fingerprint density at radius 2 is 2.08 bits per heavy atom. The first-order chi connectivity index (χ1) is 6.10. The molecule has 72 valence electrons. The summed E-state index contributed by atoms with van der Waals surface area (Å²) in [7, 11) is 0. The number of halogens is 4. The summed E-state index contributed by atoms with van der Waals surface area (Å²) in [5.41, 5.74) is 0.140. The normalized spacial score (nSPS) is 11.7. The van der Waals surface area contributed by atoms with Gasteiger partial charge < -0.3 is 0 Å². The summed E-state index contributed by atoms with van der Waals surface area (Å²) < 4.78 is 36.6. The molecule has 0 aliphatic heterocycles. The van der Waals surface area contributed by atoms with Crippen molar-refractivity contribution in [2.75, 3.05) is 0 Å². The van der Waals surface area contributed by atoms with E-state index in [9.17, 15) is 13.3 Å². The molecule has 0 atom stereocenters. The van der Waals surface area contributed by atoms with Crippen LogP contribution in [0.1, 0.15) is 11.1 Å². The highest BCUT2D eigenvalue weighted by Gasteiger charge is 2.34. The Hall–Kier alpha value is -0.550. The van der Waals surface area contributed by atoms with E-state index in [2.05, 4.69) is 20.9 Å². The standard InChI is InChI=1S/C8H6BrF3O/c9-5-6-2-1-3-7(4-6)8(10,11)13-12/h1-4H,5H2. The summed E-state index contributed by atoms with van der Waals surface area (Å²) in [6.45, 7) is 0. The zero-order valence-electron chi connectivity index (χ0n) is 6.44. The van der Waals surface area contributed by atoms with Crippen molar-refractivity contribution in [3.63, 3.8) is 0 Å². The molecule has 1 aromatic rings. The van der Waals surface area contributed by atoms with Crippen LogP contribution in [0.2, 0.25) is 0 Å². The molecule has 0 N–H and O–H groups in total. The molecule has 0 radical (unpaired) electrons. The monoisotopic (exact) mass is 254 g/mol. The quantitative estimate of drug-likeness (QED) is 0.750. The maximum atomic E-state index is 12.6. The minimum absolute atomic E-state index is 0.434.